The third-order valence-electron chi connectivity index (χ3n) is 4.47. The number of halogens is 1. The first-order chi connectivity index (χ1) is 12.2. The molecule has 0 unspecified atom stereocenters. The summed E-state index contributed by atoms with van der Waals surface area (Å²) in [6.07, 6.45) is 3.00. The molecule has 1 saturated heterocycles. The minimum Gasteiger partial charge on any atom is -0.376 e. The van der Waals surface area contributed by atoms with E-state index in [4.69, 9.17) is 0 Å². The van der Waals surface area contributed by atoms with Crippen LogP contribution in [0.15, 0.2) is 48.5 Å². The molecule has 2 aromatic carbocycles. The van der Waals surface area contributed by atoms with Crippen LogP contribution in [0.4, 0.5) is 15.8 Å². The Balaban J connectivity index is 1.39. The summed E-state index contributed by atoms with van der Waals surface area (Å²) in [4.78, 5) is 14.3. The van der Waals surface area contributed by atoms with E-state index in [2.05, 4.69) is 27.7 Å². The Morgan fingerprint density at radius 3 is 2.48 bits per heavy atom. The molecule has 1 aliphatic heterocycles. The van der Waals surface area contributed by atoms with Gasteiger partial charge in [0.2, 0.25) is 5.91 Å². The molecule has 0 saturated carbocycles. The SMILES string of the molecule is O=C(CNc1ccc(N2CCCC2)cc1)NCCc1ccccc1F. The van der Waals surface area contributed by atoms with Crippen LogP contribution in [0.25, 0.3) is 0 Å². The molecule has 0 bridgehead atoms. The van der Waals surface area contributed by atoms with Gasteiger partial charge in [0.05, 0.1) is 6.54 Å². The molecule has 0 spiro atoms. The van der Waals surface area contributed by atoms with Crippen molar-refractivity contribution in [2.24, 2.45) is 0 Å². The molecule has 2 aromatic rings. The Labute approximate surface area is 148 Å². The van der Waals surface area contributed by atoms with Gasteiger partial charge in [0.1, 0.15) is 5.82 Å². The van der Waals surface area contributed by atoms with Crippen molar-refractivity contribution in [1.82, 2.24) is 5.32 Å². The highest BCUT2D eigenvalue weighted by Crippen LogP contribution is 2.21. The summed E-state index contributed by atoms with van der Waals surface area (Å²) in [5.41, 5.74) is 2.78. The first-order valence-electron chi connectivity index (χ1n) is 8.81. The van der Waals surface area contributed by atoms with E-state index in [0.29, 0.717) is 18.5 Å². The third kappa shape index (κ3) is 4.95. The van der Waals surface area contributed by atoms with Gasteiger partial charge in [0.15, 0.2) is 0 Å². The number of anilines is 2. The van der Waals surface area contributed by atoms with E-state index in [-0.39, 0.29) is 18.3 Å². The molecular weight excluding hydrogens is 317 g/mol. The second-order valence-electron chi connectivity index (χ2n) is 6.29. The molecule has 1 aliphatic rings. The van der Waals surface area contributed by atoms with Crippen molar-refractivity contribution < 1.29 is 9.18 Å². The fraction of sp³-hybridized carbons (Fsp3) is 0.350. The van der Waals surface area contributed by atoms with Crippen LogP contribution < -0.4 is 15.5 Å². The van der Waals surface area contributed by atoms with Gasteiger partial charge in [-0.15, -0.1) is 0 Å². The van der Waals surface area contributed by atoms with Crippen molar-refractivity contribution in [3.05, 3.63) is 59.9 Å². The molecule has 5 heteroatoms. The van der Waals surface area contributed by atoms with Gasteiger partial charge in [0.25, 0.3) is 0 Å². The predicted octanol–water partition coefficient (Wildman–Crippen LogP) is 3.20. The highest BCUT2D eigenvalue weighted by molar-refractivity contribution is 5.80. The van der Waals surface area contributed by atoms with Gasteiger partial charge < -0.3 is 15.5 Å². The van der Waals surface area contributed by atoms with Crippen LogP contribution in [0.3, 0.4) is 0 Å². The average molecular weight is 341 g/mol. The lowest BCUT2D eigenvalue weighted by Crippen LogP contribution is -2.31. The van der Waals surface area contributed by atoms with E-state index in [1.807, 2.05) is 12.1 Å². The summed E-state index contributed by atoms with van der Waals surface area (Å²) in [6, 6.07) is 14.8. The van der Waals surface area contributed by atoms with Crippen LogP contribution in [0.1, 0.15) is 18.4 Å². The van der Waals surface area contributed by atoms with E-state index in [0.717, 1.165) is 18.8 Å². The largest absolute Gasteiger partial charge is 0.376 e. The van der Waals surface area contributed by atoms with Crippen molar-refractivity contribution in [3.63, 3.8) is 0 Å². The van der Waals surface area contributed by atoms with Crippen molar-refractivity contribution in [2.75, 3.05) is 36.4 Å². The van der Waals surface area contributed by atoms with Crippen LogP contribution in [0, 0.1) is 5.82 Å². The minimum atomic E-state index is -0.229. The summed E-state index contributed by atoms with van der Waals surface area (Å²) in [5.74, 6) is -0.326. The van der Waals surface area contributed by atoms with Crippen LogP contribution >= 0.6 is 0 Å². The quantitative estimate of drug-likeness (QED) is 0.813. The average Bonchev–Trinajstić information content (AvgIpc) is 3.17. The van der Waals surface area contributed by atoms with Gasteiger partial charge >= 0.3 is 0 Å². The topological polar surface area (TPSA) is 44.4 Å². The second-order valence-corrected chi connectivity index (χ2v) is 6.29. The summed E-state index contributed by atoms with van der Waals surface area (Å²) in [6.45, 7) is 2.88. The van der Waals surface area contributed by atoms with Gasteiger partial charge in [-0.05, 0) is 55.2 Å². The number of benzene rings is 2. The molecule has 1 heterocycles. The van der Waals surface area contributed by atoms with E-state index in [1.165, 1.54) is 24.6 Å². The number of carbonyl (C=O) groups excluding carboxylic acids is 1. The second kappa shape index (κ2) is 8.51. The number of nitrogens with zero attached hydrogens (tertiary/aromatic N) is 1. The van der Waals surface area contributed by atoms with E-state index in [1.54, 1.807) is 18.2 Å². The molecule has 2 N–H and O–H groups in total. The lowest BCUT2D eigenvalue weighted by Gasteiger charge is -2.18. The van der Waals surface area contributed by atoms with Crippen LogP contribution in [-0.4, -0.2) is 32.1 Å². The maximum Gasteiger partial charge on any atom is 0.239 e. The number of rotatable bonds is 7. The molecule has 0 aromatic heterocycles. The van der Waals surface area contributed by atoms with Gasteiger partial charge in [0, 0.05) is 31.0 Å². The summed E-state index contributed by atoms with van der Waals surface area (Å²) >= 11 is 0. The Morgan fingerprint density at radius 2 is 1.76 bits per heavy atom. The molecule has 4 nitrogen and oxygen atoms in total. The lowest BCUT2D eigenvalue weighted by atomic mass is 10.1. The van der Waals surface area contributed by atoms with Crippen molar-refractivity contribution in [1.29, 1.82) is 0 Å². The lowest BCUT2D eigenvalue weighted by molar-refractivity contribution is -0.119. The van der Waals surface area contributed by atoms with Gasteiger partial charge in [-0.25, -0.2) is 4.39 Å². The zero-order valence-corrected chi connectivity index (χ0v) is 14.3. The van der Waals surface area contributed by atoms with Gasteiger partial charge in [-0.2, -0.15) is 0 Å². The summed E-state index contributed by atoms with van der Waals surface area (Å²) in [7, 11) is 0. The number of hydrogen-bond donors (Lipinski definition) is 2. The van der Waals surface area contributed by atoms with Gasteiger partial charge in [-0.1, -0.05) is 18.2 Å². The van der Waals surface area contributed by atoms with Crippen molar-refractivity contribution in [3.8, 4) is 0 Å². The Morgan fingerprint density at radius 1 is 1.04 bits per heavy atom. The van der Waals surface area contributed by atoms with E-state index < -0.39 is 0 Å². The first-order valence-corrected chi connectivity index (χ1v) is 8.81. The fourth-order valence-corrected chi connectivity index (χ4v) is 3.05. The highest BCUT2D eigenvalue weighted by atomic mass is 19.1. The molecule has 1 fully saturated rings. The van der Waals surface area contributed by atoms with Crippen molar-refractivity contribution >= 4 is 17.3 Å². The molecule has 1 amide bonds. The zero-order valence-electron chi connectivity index (χ0n) is 14.3. The van der Waals surface area contributed by atoms with E-state index in [9.17, 15) is 9.18 Å². The van der Waals surface area contributed by atoms with Crippen LogP contribution in [0.5, 0.6) is 0 Å². The number of hydrogen-bond acceptors (Lipinski definition) is 3. The van der Waals surface area contributed by atoms with Crippen LogP contribution in [-0.2, 0) is 11.2 Å². The minimum absolute atomic E-state index is 0.0973. The first kappa shape index (κ1) is 17.3. The number of nitrogens with one attached hydrogen (secondary N) is 2. The molecule has 25 heavy (non-hydrogen) atoms. The number of carbonyl (C=O) groups is 1. The Kier molecular flexibility index (Phi) is 5.88. The standard InChI is InChI=1S/C20H24FN3O/c21-19-6-2-1-5-16(19)11-12-22-20(25)15-23-17-7-9-18(10-8-17)24-13-3-4-14-24/h1-2,5-10,23H,3-4,11-15H2,(H,22,25). The fourth-order valence-electron chi connectivity index (χ4n) is 3.05. The smallest absolute Gasteiger partial charge is 0.239 e. The zero-order chi connectivity index (χ0) is 17.5. The summed E-state index contributed by atoms with van der Waals surface area (Å²) < 4.78 is 13.5. The summed E-state index contributed by atoms with van der Waals surface area (Å²) in [5, 5.41) is 5.93. The molecular formula is C20H24FN3O. The monoisotopic (exact) mass is 341 g/mol. The molecule has 3 rings (SSSR count). The van der Waals surface area contributed by atoms with Gasteiger partial charge in [-0.3, -0.25) is 4.79 Å². The van der Waals surface area contributed by atoms with Crippen molar-refractivity contribution in [2.45, 2.75) is 19.3 Å². The predicted molar refractivity (Wildman–Crippen MR) is 99.5 cm³/mol. The molecule has 0 aliphatic carbocycles. The third-order valence-corrected chi connectivity index (χ3v) is 4.47. The van der Waals surface area contributed by atoms with E-state index >= 15 is 0 Å². The number of amides is 1. The molecule has 0 atom stereocenters. The Hall–Kier alpha value is -2.56. The maximum atomic E-state index is 13.5. The molecule has 132 valence electrons. The Bertz CT molecular complexity index is 696. The normalized spacial score (nSPS) is 13.7. The molecule has 0 radical (unpaired) electrons. The maximum absolute atomic E-state index is 13.5. The highest BCUT2D eigenvalue weighted by Gasteiger charge is 2.11. The van der Waals surface area contributed by atoms with Crippen LogP contribution in [0.2, 0.25) is 0 Å².